The molecular formula is C19H17N5O3. The molecule has 0 bridgehead atoms. The van der Waals surface area contributed by atoms with E-state index >= 15 is 0 Å². The number of rotatable bonds is 5. The maximum atomic E-state index is 12.3. The summed E-state index contributed by atoms with van der Waals surface area (Å²) in [4.78, 5) is 30.2. The Labute approximate surface area is 155 Å². The summed E-state index contributed by atoms with van der Waals surface area (Å²) in [6.45, 7) is 0.265. The van der Waals surface area contributed by atoms with Gasteiger partial charge in [0.2, 0.25) is 5.91 Å². The Morgan fingerprint density at radius 3 is 2.85 bits per heavy atom. The lowest BCUT2D eigenvalue weighted by Crippen LogP contribution is -2.40. The lowest BCUT2D eigenvalue weighted by Gasteiger charge is -2.29. The molecule has 0 radical (unpaired) electrons. The van der Waals surface area contributed by atoms with Crippen LogP contribution in [0.2, 0.25) is 0 Å². The van der Waals surface area contributed by atoms with Crippen LogP contribution in [0.15, 0.2) is 61.1 Å². The smallest absolute Gasteiger partial charge is 0.265 e. The van der Waals surface area contributed by atoms with Crippen molar-refractivity contribution in [3.05, 3.63) is 61.1 Å². The van der Waals surface area contributed by atoms with E-state index in [9.17, 15) is 9.59 Å². The number of hydrogen-bond donors (Lipinski definition) is 1. The average molecular weight is 363 g/mol. The number of hydrogen-bond acceptors (Lipinski definition) is 5. The van der Waals surface area contributed by atoms with Crippen molar-refractivity contribution in [3.63, 3.8) is 0 Å². The molecule has 0 aliphatic carbocycles. The van der Waals surface area contributed by atoms with E-state index in [2.05, 4.69) is 15.4 Å². The van der Waals surface area contributed by atoms with E-state index in [1.807, 2.05) is 30.3 Å². The minimum atomic E-state index is -0.194. The molecule has 1 N–H and O–H groups in total. The molecule has 136 valence electrons. The first-order valence-electron chi connectivity index (χ1n) is 8.49. The van der Waals surface area contributed by atoms with Gasteiger partial charge >= 0.3 is 0 Å². The molecular weight excluding hydrogens is 346 g/mol. The second kappa shape index (κ2) is 7.28. The van der Waals surface area contributed by atoms with Gasteiger partial charge in [0.15, 0.2) is 12.4 Å². The van der Waals surface area contributed by atoms with Gasteiger partial charge in [0.1, 0.15) is 5.75 Å². The minimum absolute atomic E-state index is 0.0164. The van der Waals surface area contributed by atoms with Gasteiger partial charge in [-0.25, -0.2) is 9.67 Å². The summed E-state index contributed by atoms with van der Waals surface area (Å²) in [5.74, 6) is 0.955. The van der Waals surface area contributed by atoms with Crippen molar-refractivity contribution >= 4 is 23.2 Å². The van der Waals surface area contributed by atoms with Crippen LogP contribution >= 0.6 is 0 Å². The van der Waals surface area contributed by atoms with Crippen molar-refractivity contribution in [1.82, 2.24) is 14.8 Å². The molecule has 0 saturated heterocycles. The van der Waals surface area contributed by atoms with E-state index in [4.69, 9.17) is 4.74 Å². The number of carbonyl (C=O) groups is 2. The summed E-state index contributed by atoms with van der Waals surface area (Å²) in [6, 6.07) is 12.6. The maximum Gasteiger partial charge on any atom is 0.265 e. The molecule has 0 fully saturated rings. The Morgan fingerprint density at radius 2 is 2.07 bits per heavy atom. The van der Waals surface area contributed by atoms with Gasteiger partial charge < -0.3 is 15.0 Å². The van der Waals surface area contributed by atoms with Crippen molar-refractivity contribution < 1.29 is 14.3 Å². The van der Waals surface area contributed by atoms with Crippen LogP contribution in [0.4, 0.5) is 11.4 Å². The van der Waals surface area contributed by atoms with Gasteiger partial charge in [-0.1, -0.05) is 12.1 Å². The fourth-order valence-corrected chi connectivity index (χ4v) is 2.84. The Hall–Kier alpha value is -3.68. The lowest BCUT2D eigenvalue weighted by molar-refractivity contribution is -0.121. The van der Waals surface area contributed by atoms with Gasteiger partial charge in [-0.05, 0) is 30.3 Å². The minimum Gasteiger partial charge on any atom is -0.482 e. The fraction of sp³-hybridized carbons (Fsp3) is 0.158. The largest absolute Gasteiger partial charge is 0.482 e. The van der Waals surface area contributed by atoms with Gasteiger partial charge in [0.05, 0.1) is 17.6 Å². The molecule has 1 aliphatic rings. The number of ether oxygens (including phenoxy) is 1. The van der Waals surface area contributed by atoms with Gasteiger partial charge in [-0.2, -0.15) is 5.10 Å². The maximum absolute atomic E-state index is 12.3. The number of nitrogens with zero attached hydrogens (tertiary/aromatic N) is 4. The van der Waals surface area contributed by atoms with Crippen molar-refractivity contribution in [3.8, 4) is 11.6 Å². The van der Waals surface area contributed by atoms with Crippen LogP contribution in [0.3, 0.4) is 0 Å². The van der Waals surface area contributed by atoms with E-state index in [0.29, 0.717) is 22.9 Å². The van der Waals surface area contributed by atoms with E-state index in [0.717, 1.165) is 0 Å². The first-order chi connectivity index (χ1) is 13.2. The summed E-state index contributed by atoms with van der Waals surface area (Å²) in [5.41, 5.74) is 1.27. The molecule has 8 heteroatoms. The number of amides is 2. The molecule has 3 heterocycles. The molecule has 0 atom stereocenters. The quantitative estimate of drug-likeness (QED) is 0.749. The summed E-state index contributed by atoms with van der Waals surface area (Å²) in [5, 5.41) is 6.90. The number of fused-ring (bicyclic) bond motifs is 1. The molecule has 8 nitrogen and oxygen atoms in total. The highest BCUT2D eigenvalue weighted by Crippen LogP contribution is 2.31. The molecule has 2 amide bonds. The first kappa shape index (κ1) is 16.8. The Balaban J connectivity index is 1.37. The molecule has 1 aromatic carbocycles. The van der Waals surface area contributed by atoms with Crippen LogP contribution in [-0.4, -0.2) is 39.7 Å². The number of carbonyl (C=O) groups excluding carboxylic acids is 2. The van der Waals surface area contributed by atoms with E-state index in [-0.39, 0.29) is 31.4 Å². The number of nitrogens with one attached hydrogen (secondary N) is 1. The lowest BCUT2D eigenvalue weighted by atomic mass is 10.2. The number of benzene rings is 1. The zero-order valence-electron chi connectivity index (χ0n) is 14.4. The molecule has 3 aromatic rings. The topological polar surface area (TPSA) is 89.4 Å². The third-order valence-corrected chi connectivity index (χ3v) is 4.14. The van der Waals surface area contributed by atoms with Crippen molar-refractivity contribution in [2.45, 2.75) is 6.42 Å². The Kier molecular flexibility index (Phi) is 4.52. The summed E-state index contributed by atoms with van der Waals surface area (Å²) < 4.78 is 7.04. The molecule has 0 saturated carbocycles. The van der Waals surface area contributed by atoms with Crippen LogP contribution in [0.1, 0.15) is 6.42 Å². The van der Waals surface area contributed by atoms with Crippen LogP contribution < -0.4 is 15.0 Å². The monoisotopic (exact) mass is 363 g/mol. The zero-order valence-corrected chi connectivity index (χ0v) is 14.4. The molecule has 0 unspecified atom stereocenters. The van der Waals surface area contributed by atoms with Crippen LogP contribution in [0, 0.1) is 0 Å². The molecule has 1 aliphatic heterocycles. The predicted molar refractivity (Wildman–Crippen MR) is 98.9 cm³/mol. The van der Waals surface area contributed by atoms with Crippen molar-refractivity contribution in [2.75, 3.05) is 23.4 Å². The van der Waals surface area contributed by atoms with Crippen molar-refractivity contribution in [2.24, 2.45) is 0 Å². The van der Waals surface area contributed by atoms with Crippen LogP contribution in [0.25, 0.3) is 5.82 Å². The van der Waals surface area contributed by atoms with Crippen LogP contribution in [-0.2, 0) is 9.59 Å². The third-order valence-electron chi connectivity index (χ3n) is 4.14. The fourth-order valence-electron chi connectivity index (χ4n) is 2.84. The second-order valence-corrected chi connectivity index (χ2v) is 5.96. The number of aromatic nitrogens is 3. The summed E-state index contributed by atoms with van der Waals surface area (Å²) in [6.07, 6.45) is 5.20. The normalized spacial score (nSPS) is 13.0. The van der Waals surface area contributed by atoms with E-state index in [1.165, 1.54) is 0 Å². The van der Waals surface area contributed by atoms with E-state index in [1.54, 1.807) is 40.3 Å². The van der Waals surface area contributed by atoms with Gasteiger partial charge in [-0.15, -0.1) is 0 Å². The highest BCUT2D eigenvalue weighted by molar-refractivity contribution is 5.99. The Bertz CT molecular complexity index is 954. The van der Waals surface area contributed by atoms with Gasteiger partial charge in [-0.3, -0.25) is 9.59 Å². The van der Waals surface area contributed by atoms with Crippen LogP contribution in [0.5, 0.6) is 5.75 Å². The molecule has 4 rings (SSSR count). The van der Waals surface area contributed by atoms with Crippen molar-refractivity contribution in [1.29, 1.82) is 0 Å². The highest BCUT2D eigenvalue weighted by Gasteiger charge is 2.25. The zero-order chi connectivity index (χ0) is 18.6. The molecule has 0 spiro atoms. The van der Waals surface area contributed by atoms with Gasteiger partial charge in [0, 0.05) is 25.4 Å². The predicted octanol–water partition coefficient (Wildman–Crippen LogP) is 2.02. The molecule has 27 heavy (non-hydrogen) atoms. The second-order valence-electron chi connectivity index (χ2n) is 5.96. The number of anilines is 2. The third kappa shape index (κ3) is 3.64. The highest BCUT2D eigenvalue weighted by atomic mass is 16.5. The molecule has 2 aromatic heterocycles. The number of pyridine rings is 1. The SMILES string of the molecule is O=C(CCN1C(=O)COc2ccccc21)Nc1ccc(-n2cccn2)nc1. The average Bonchev–Trinajstić information content (AvgIpc) is 3.22. The standard InChI is InChI=1S/C19H17N5O3/c25-18(22-14-6-7-17(20-12-14)24-10-3-9-21-24)8-11-23-15-4-1-2-5-16(15)27-13-19(23)26/h1-7,9-10,12H,8,11,13H2,(H,22,25). The van der Waals surface area contributed by atoms with Gasteiger partial charge in [0.25, 0.3) is 5.91 Å². The Morgan fingerprint density at radius 1 is 1.19 bits per heavy atom. The first-order valence-corrected chi connectivity index (χ1v) is 8.49. The summed E-state index contributed by atoms with van der Waals surface area (Å²) >= 11 is 0. The summed E-state index contributed by atoms with van der Waals surface area (Å²) in [7, 11) is 0. The van der Waals surface area contributed by atoms with E-state index < -0.39 is 0 Å². The number of para-hydroxylation sites is 2.